The van der Waals surface area contributed by atoms with Crippen LogP contribution in [0.5, 0.6) is 0 Å². The van der Waals surface area contributed by atoms with Gasteiger partial charge in [-0.3, -0.25) is 0 Å². The summed E-state index contributed by atoms with van der Waals surface area (Å²) in [7, 11) is 1.85. The predicted octanol–water partition coefficient (Wildman–Crippen LogP) is 3.32. The zero-order chi connectivity index (χ0) is 10.8. The van der Waals surface area contributed by atoms with E-state index in [1.54, 1.807) is 11.3 Å². The van der Waals surface area contributed by atoms with E-state index in [-0.39, 0.29) is 0 Å². The second-order valence-electron chi connectivity index (χ2n) is 3.11. The zero-order valence-electron chi connectivity index (χ0n) is 8.41. The first kappa shape index (κ1) is 10.6. The van der Waals surface area contributed by atoms with Gasteiger partial charge in [0.05, 0.1) is 8.66 Å². The maximum Gasteiger partial charge on any atom is 0.151 e. The third-order valence-electron chi connectivity index (χ3n) is 2.05. The first-order chi connectivity index (χ1) is 7.20. The second kappa shape index (κ2) is 4.28. The molecule has 0 bridgehead atoms. The lowest BCUT2D eigenvalue weighted by Gasteiger charge is -2.03. The lowest BCUT2D eigenvalue weighted by Crippen LogP contribution is -1.98. The van der Waals surface area contributed by atoms with Gasteiger partial charge in [-0.05, 0) is 46.6 Å². The number of anilines is 1. The molecule has 2 aromatic heterocycles. The maximum absolute atomic E-state index is 4.17. The smallest absolute Gasteiger partial charge is 0.151 e. The highest BCUT2D eigenvalue weighted by Crippen LogP contribution is 2.30. The van der Waals surface area contributed by atoms with Crippen LogP contribution >= 0.6 is 27.3 Å². The molecule has 0 fully saturated rings. The molecule has 0 aliphatic carbocycles. The number of hydrogen-bond acceptors (Lipinski definition) is 4. The Morgan fingerprint density at radius 1 is 1.33 bits per heavy atom. The average Bonchev–Trinajstić information content (AvgIpc) is 2.65. The third-order valence-corrected chi connectivity index (χ3v) is 3.69. The van der Waals surface area contributed by atoms with Gasteiger partial charge in [0.25, 0.3) is 0 Å². The van der Waals surface area contributed by atoms with Gasteiger partial charge in [-0.15, -0.1) is 21.5 Å². The van der Waals surface area contributed by atoms with Crippen LogP contribution in [0, 0.1) is 6.92 Å². The Bertz CT molecular complexity index is 481. The maximum atomic E-state index is 4.17. The van der Waals surface area contributed by atoms with Crippen molar-refractivity contribution in [1.29, 1.82) is 0 Å². The van der Waals surface area contributed by atoms with Gasteiger partial charge in [0.1, 0.15) is 5.69 Å². The Morgan fingerprint density at radius 2 is 2.13 bits per heavy atom. The molecule has 0 saturated heterocycles. The minimum Gasteiger partial charge on any atom is -0.371 e. The predicted molar refractivity (Wildman–Crippen MR) is 67.3 cm³/mol. The van der Waals surface area contributed by atoms with Crippen LogP contribution in [0.4, 0.5) is 5.82 Å². The van der Waals surface area contributed by atoms with E-state index in [0.29, 0.717) is 0 Å². The zero-order valence-corrected chi connectivity index (χ0v) is 10.8. The first-order valence-corrected chi connectivity index (χ1v) is 6.09. The molecule has 0 aromatic carbocycles. The molecule has 3 nitrogen and oxygen atoms in total. The Hall–Kier alpha value is -0.940. The van der Waals surface area contributed by atoms with Gasteiger partial charge in [-0.2, -0.15) is 0 Å². The van der Waals surface area contributed by atoms with Gasteiger partial charge < -0.3 is 5.32 Å². The Balaban J connectivity index is 2.42. The molecule has 0 aliphatic rings. The quantitative estimate of drug-likeness (QED) is 0.919. The van der Waals surface area contributed by atoms with Crippen molar-refractivity contribution < 1.29 is 0 Å². The monoisotopic (exact) mass is 283 g/mol. The van der Waals surface area contributed by atoms with Crippen molar-refractivity contribution in [1.82, 2.24) is 10.2 Å². The minimum atomic E-state index is 0.828. The van der Waals surface area contributed by atoms with Crippen LogP contribution in [0.25, 0.3) is 10.6 Å². The molecule has 2 aromatic rings. The molecule has 0 spiro atoms. The number of hydrogen-bond donors (Lipinski definition) is 1. The summed E-state index contributed by atoms with van der Waals surface area (Å²) in [4.78, 5) is 1.13. The summed E-state index contributed by atoms with van der Waals surface area (Å²) >= 11 is 5.09. The summed E-state index contributed by atoms with van der Waals surface area (Å²) in [6.45, 7) is 2.02. The summed E-state index contributed by atoms with van der Waals surface area (Å²) in [5.41, 5.74) is 2.02. The fraction of sp³-hybridized carbons (Fsp3) is 0.200. The highest BCUT2D eigenvalue weighted by Gasteiger charge is 2.06. The minimum absolute atomic E-state index is 0.828. The van der Waals surface area contributed by atoms with E-state index in [9.17, 15) is 0 Å². The first-order valence-electron chi connectivity index (χ1n) is 4.48. The van der Waals surface area contributed by atoms with E-state index < -0.39 is 0 Å². The van der Waals surface area contributed by atoms with E-state index in [4.69, 9.17) is 0 Å². The molecule has 0 saturated carbocycles. The van der Waals surface area contributed by atoms with E-state index in [1.807, 2.05) is 32.2 Å². The summed E-state index contributed by atoms with van der Waals surface area (Å²) in [6, 6.07) is 6.09. The van der Waals surface area contributed by atoms with E-state index in [0.717, 1.165) is 25.7 Å². The number of aromatic nitrogens is 2. The van der Waals surface area contributed by atoms with Crippen molar-refractivity contribution in [3.63, 3.8) is 0 Å². The fourth-order valence-electron chi connectivity index (χ4n) is 1.30. The van der Waals surface area contributed by atoms with Gasteiger partial charge >= 0.3 is 0 Å². The molecule has 2 heterocycles. The van der Waals surface area contributed by atoms with Gasteiger partial charge in [0.2, 0.25) is 0 Å². The summed E-state index contributed by atoms with van der Waals surface area (Å²) in [5.74, 6) is 0.828. The highest BCUT2D eigenvalue weighted by molar-refractivity contribution is 9.11. The van der Waals surface area contributed by atoms with Crippen molar-refractivity contribution in [2.45, 2.75) is 6.92 Å². The lowest BCUT2D eigenvalue weighted by atomic mass is 10.2. The molecule has 15 heavy (non-hydrogen) atoms. The summed E-state index contributed by atoms with van der Waals surface area (Å²) < 4.78 is 1.11. The normalized spacial score (nSPS) is 10.3. The number of thiophene rings is 1. The van der Waals surface area contributed by atoms with Crippen molar-refractivity contribution >= 4 is 33.1 Å². The number of halogens is 1. The standard InChI is InChI=1S/C10H10BrN3S/c1-6-5-7(13-14-10(6)12-2)8-3-4-9(11)15-8/h3-5H,1-2H3,(H,12,14). The van der Waals surface area contributed by atoms with Crippen LogP contribution in [0.1, 0.15) is 5.56 Å². The fourth-order valence-corrected chi connectivity index (χ4v) is 2.65. The van der Waals surface area contributed by atoms with Gasteiger partial charge in [-0.1, -0.05) is 0 Å². The van der Waals surface area contributed by atoms with E-state index in [2.05, 4.69) is 31.4 Å². The Morgan fingerprint density at radius 3 is 2.67 bits per heavy atom. The molecule has 2 rings (SSSR count). The van der Waals surface area contributed by atoms with Gasteiger partial charge in [-0.25, -0.2) is 0 Å². The molecule has 0 unspecified atom stereocenters. The van der Waals surface area contributed by atoms with Crippen LogP contribution < -0.4 is 5.32 Å². The number of rotatable bonds is 2. The van der Waals surface area contributed by atoms with Crippen molar-refractivity contribution in [3.05, 3.63) is 27.5 Å². The molecule has 0 amide bonds. The number of aryl methyl sites for hydroxylation is 1. The number of nitrogens with zero attached hydrogens (tertiary/aromatic N) is 2. The van der Waals surface area contributed by atoms with Crippen LogP contribution in [-0.2, 0) is 0 Å². The summed E-state index contributed by atoms with van der Waals surface area (Å²) in [6.07, 6.45) is 0. The average molecular weight is 284 g/mol. The van der Waals surface area contributed by atoms with Gasteiger partial charge in [0.15, 0.2) is 5.82 Å². The van der Waals surface area contributed by atoms with Crippen LogP contribution in [-0.4, -0.2) is 17.2 Å². The third kappa shape index (κ3) is 2.18. The lowest BCUT2D eigenvalue weighted by molar-refractivity contribution is 1.02. The Kier molecular flexibility index (Phi) is 3.02. The topological polar surface area (TPSA) is 37.8 Å². The van der Waals surface area contributed by atoms with Gasteiger partial charge in [0, 0.05) is 7.05 Å². The molecule has 0 radical (unpaired) electrons. The summed E-state index contributed by atoms with van der Waals surface area (Å²) in [5, 5.41) is 11.3. The van der Waals surface area contributed by atoms with Crippen molar-refractivity contribution in [2.75, 3.05) is 12.4 Å². The molecule has 0 aliphatic heterocycles. The van der Waals surface area contributed by atoms with Crippen molar-refractivity contribution in [2.24, 2.45) is 0 Å². The molecule has 78 valence electrons. The van der Waals surface area contributed by atoms with Crippen LogP contribution in [0.15, 0.2) is 22.0 Å². The molecular weight excluding hydrogens is 274 g/mol. The largest absolute Gasteiger partial charge is 0.371 e. The molecule has 1 N–H and O–H groups in total. The second-order valence-corrected chi connectivity index (χ2v) is 5.58. The van der Waals surface area contributed by atoms with Crippen LogP contribution in [0.2, 0.25) is 0 Å². The Labute approximate surface area is 101 Å². The molecule has 0 atom stereocenters. The van der Waals surface area contributed by atoms with Crippen molar-refractivity contribution in [3.8, 4) is 10.6 Å². The van der Waals surface area contributed by atoms with E-state index in [1.165, 1.54) is 0 Å². The molecular formula is C10H10BrN3S. The van der Waals surface area contributed by atoms with E-state index >= 15 is 0 Å². The van der Waals surface area contributed by atoms with Crippen LogP contribution in [0.3, 0.4) is 0 Å². The highest BCUT2D eigenvalue weighted by atomic mass is 79.9. The number of nitrogens with one attached hydrogen (secondary N) is 1. The molecule has 5 heteroatoms. The SMILES string of the molecule is CNc1nnc(-c2ccc(Br)s2)cc1C.